The van der Waals surface area contributed by atoms with Crippen LogP contribution < -0.4 is 10.1 Å². The molecule has 1 heterocycles. The maximum atomic E-state index is 12.4. The fourth-order valence-corrected chi connectivity index (χ4v) is 3.27. The van der Waals surface area contributed by atoms with Gasteiger partial charge in [0, 0.05) is 9.75 Å². The summed E-state index contributed by atoms with van der Waals surface area (Å²) in [6.07, 6.45) is 0.847. The molecular formula is C17H21NO2S. The predicted octanol–water partition coefficient (Wildman–Crippen LogP) is 4.25. The summed E-state index contributed by atoms with van der Waals surface area (Å²) in [4.78, 5) is 14.6. The van der Waals surface area contributed by atoms with Crippen LogP contribution in [-0.2, 0) is 0 Å². The van der Waals surface area contributed by atoms with Crippen LogP contribution in [0.2, 0.25) is 0 Å². The zero-order valence-electron chi connectivity index (χ0n) is 12.9. The molecular weight excluding hydrogens is 282 g/mol. The lowest BCUT2D eigenvalue weighted by Crippen LogP contribution is -2.28. The summed E-state index contributed by atoms with van der Waals surface area (Å²) in [7, 11) is 1.65. The second-order valence-corrected chi connectivity index (χ2v) is 6.49. The van der Waals surface area contributed by atoms with Crippen LogP contribution in [0.1, 0.15) is 45.1 Å². The SMILES string of the molecule is CCC(NC(=O)c1cc(C)sc1C)c1ccc(OC)cc1. The van der Waals surface area contributed by atoms with Crippen molar-refractivity contribution in [1.29, 1.82) is 0 Å². The number of aryl methyl sites for hydroxylation is 2. The Bertz CT molecular complexity index is 616. The minimum Gasteiger partial charge on any atom is -0.497 e. The summed E-state index contributed by atoms with van der Waals surface area (Å²) in [5.41, 5.74) is 1.88. The van der Waals surface area contributed by atoms with E-state index in [1.165, 1.54) is 0 Å². The van der Waals surface area contributed by atoms with E-state index in [2.05, 4.69) is 12.2 Å². The number of benzene rings is 1. The third-order valence-corrected chi connectivity index (χ3v) is 4.48. The van der Waals surface area contributed by atoms with E-state index in [1.54, 1.807) is 18.4 Å². The van der Waals surface area contributed by atoms with Gasteiger partial charge in [-0.1, -0.05) is 19.1 Å². The van der Waals surface area contributed by atoms with Crippen molar-refractivity contribution < 1.29 is 9.53 Å². The molecule has 1 N–H and O–H groups in total. The zero-order valence-corrected chi connectivity index (χ0v) is 13.7. The van der Waals surface area contributed by atoms with Gasteiger partial charge < -0.3 is 10.1 Å². The molecule has 4 heteroatoms. The first-order valence-electron chi connectivity index (χ1n) is 7.07. The van der Waals surface area contributed by atoms with Crippen molar-refractivity contribution in [1.82, 2.24) is 5.32 Å². The van der Waals surface area contributed by atoms with Crippen molar-refractivity contribution in [2.75, 3.05) is 7.11 Å². The number of rotatable bonds is 5. The number of thiophene rings is 1. The third-order valence-electron chi connectivity index (χ3n) is 3.52. The molecule has 0 spiro atoms. The molecule has 1 aromatic heterocycles. The molecule has 1 amide bonds. The molecule has 0 bridgehead atoms. The molecule has 2 rings (SSSR count). The largest absolute Gasteiger partial charge is 0.497 e. The Morgan fingerprint density at radius 1 is 1.29 bits per heavy atom. The van der Waals surface area contributed by atoms with Crippen molar-refractivity contribution in [2.45, 2.75) is 33.2 Å². The Morgan fingerprint density at radius 3 is 2.43 bits per heavy atom. The summed E-state index contributed by atoms with van der Waals surface area (Å²) < 4.78 is 5.17. The number of carbonyl (C=O) groups is 1. The first-order valence-corrected chi connectivity index (χ1v) is 7.88. The number of methoxy groups -OCH3 is 1. The van der Waals surface area contributed by atoms with Gasteiger partial charge in [-0.15, -0.1) is 11.3 Å². The number of amides is 1. The topological polar surface area (TPSA) is 38.3 Å². The van der Waals surface area contributed by atoms with Gasteiger partial charge in [0.1, 0.15) is 5.75 Å². The van der Waals surface area contributed by atoms with E-state index in [4.69, 9.17) is 4.74 Å². The van der Waals surface area contributed by atoms with E-state index in [0.29, 0.717) is 0 Å². The highest BCUT2D eigenvalue weighted by Gasteiger charge is 2.17. The van der Waals surface area contributed by atoms with E-state index < -0.39 is 0 Å². The quantitative estimate of drug-likeness (QED) is 0.896. The Morgan fingerprint density at radius 2 is 1.95 bits per heavy atom. The first-order chi connectivity index (χ1) is 10.0. The van der Waals surface area contributed by atoms with Gasteiger partial charge in [0.2, 0.25) is 0 Å². The summed E-state index contributed by atoms with van der Waals surface area (Å²) in [6, 6.07) is 9.81. The van der Waals surface area contributed by atoms with Crippen LogP contribution in [0.3, 0.4) is 0 Å². The molecule has 1 atom stereocenters. The van der Waals surface area contributed by atoms with Gasteiger partial charge in [-0.25, -0.2) is 0 Å². The van der Waals surface area contributed by atoms with Crippen LogP contribution in [0, 0.1) is 13.8 Å². The van der Waals surface area contributed by atoms with Crippen LogP contribution in [0.25, 0.3) is 0 Å². The second-order valence-electron chi connectivity index (χ2n) is 5.03. The summed E-state index contributed by atoms with van der Waals surface area (Å²) in [5.74, 6) is 0.823. The number of ether oxygens (including phenoxy) is 1. The smallest absolute Gasteiger partial charge is 0.252 e. The fourth-order valence-electron chi connectivity index (χ4n) is 2.35. The van der Waals surface area contributed by atoms with Gasteiger partial charge >= 0.3 is 0 Å². The lowest BCUT2D eigenvalue weighted by molar-refractivity contribution is 0.0935. The van der Waals surface area contributed by atoms with E-state index in [0.717, 1.165) is 33.1 Å². The van der Waals surface area contributed by atoms with Crippen LogP contribution in [-0.4, -0.2) is 13.0 Å². The second kappa shape index (κ2) is 6.76. The monoisotopic (exact) mass is 303 g/mol. The molecule has 21 heavy (non-hydrogen) atoms. The van der Waals surface area contributed by atoms with Gasteiger partial charge in [-0.3, -0.25) is 4.79 Å². The van der Waals surface area contributed by atoms with E-state index in [-0.39, 0.29) is 11.9 Å². The van der Waals surface area contributed by atoms with Gasteiger partial charge in [0.25, 0.3) is 5.91 Å². The Hall–Kier alpha value is -1.81. The first kappa shape index (κ1) is 15.6. The minimum absolute atomic E-state index is 0.000446. The average molecular weight is 303 g/mol. The molecule has 0 aliphatic rings. The molecule has 1 unspecified atom stereocenters. The third kappa shape index (κ3) is 3.64. The molecule has 1 aromatic carbocycles. The van der Waals surface area contributed by atoms with E-state index >= 15 is 0 Å². The van der Waals surface area contributed by atoms with Gasteiger partial charge in [0.05, 0.1) is 18.7 Å². The van der Waals surface area contributed by atoms with E-state index in [9.17, 15) is 4.79 Å². The maximum Gasteiger partial charge on any atom is 0.252 e. The van der Waals surface area contributed by atoms with Crippen molar-refractivity contribution in [3.8, 4) is 5.75 Å². The van der Waals surface area contributed by atoms with Crippen LogP contribution in [0.5, 0.6) is 5.75 Å². The number of hydrogen-bond acceptors (Lipinski definition) is 3. The molecule has 0 aliphatic carbocycles. The van der Waals surface area contributed by atoms with Gasteiger partial charge in [-0.05, 0) is 44.0 Å². The Kier molecular flexibility index (Phi) is 5.02. The Labute approximate surface area is 130 Å². The fraction of sp³-hybridized carbons (Fsp3) is 0.353. The number of carbonyl (C=O) groups excluding carboxylic acids is 1. The van der Waals surface area contributed by atoms with Crippen molar-refractivity contribution in [3.63, 3.8) is 0 Å². The molecule has 2 aromatic rings. The number of nitrogens with one attached hydrogen (secondary N) is 1. The zero-order chi connectivity index (χ0) is 15.4. The summed E-state index contributed by atoms with van der Waals surface area (Å²) in [6.45, 7) is 6.08. The minimum atomic E-state index is -0.000446. The van der Waals surface area contributed by atoms with Crippen LogP contribution in [0.15, 0.2) is 30.3 Å². The number of hydrogen-bond donors (Lipinski definition) is 1. The van der Waals surface area contributed by atoms with Crippen molar-refractivity contribution in [2.24, 2.45) is 0 Å². The lowest BCUT2D eigenvalue weighted by Gasteiger charge is -2.17. The highest BCUT2D eigenvalue weighted by molar-refractivity contribution is 7.12. The maximum absolute atomic E-state index is 12.4. The molecule has 0 saturated carbocycles. The molecule has 3 nitrogen and oxygen atoms in total. The van der Waals surface area contributed by atoms with Crippen molar-refractivity contribution >= 4 is 17.2 Å². The molecule has 0 radical (unpaired) electrons. The lowest BCUT2D eigenvalue weighted by atomic mass is 10.0. The standard InChI is InChI=1S/C17H21NO2S/c1-5-16(13-6-8-14(20-4)9-7-13)18-17(19)15-10-11(2)21-12(15)3/h6-10,16H,5H2,1-4H3,(H,18,19). The highest BCUT2D eigenvalue weighted by atomic mass is 32.1. The van der Waals surface area contributed by atoms with E-state index in [1.807, 2.05) is 44.2 Å². The predicted molar refractivity (Wildman–Crippen MR) is 87.3 cm³/mol. The summed E-state index contributed by atoms with van der Waals surface area (Å²) >= 11 is 1.66. The molecule has 0 fully saturated rings. The molecule has 112 valence electrons. The normalized spacial score (nSPS) is 12.0. The van der Waals surface area contributed by atoms with Gasteiger partial charge in [0.15, 0.2) is 0 Å². The van der Waals surface area contributed by atoms with Gasteiger partial charge in [-0.2, -0.15) is 0 Å². The average Bonchev–Trinajstić information content (AvgIpc) is 2.83. The van der Waals surface area contributed by atoms with Crippen LogP contribution >= 0.6 is 11.3 Å². The Balaban J connectivity index is 2.14. The summed E-state index contributed by atoms with van der Waals surface area (Å²) in [5, 5.41) is 3.12. The van der Waals surface area contributed by atoms with Crippen LogP contribution in [0.4, 0.5) is 0 Å². The van der Waals surface area contributed by atoms with Crippen molar-refractivity contribution in [3.05, 3.63) is 51.2 Å². The molecule has 0 saturated heterocycles. The highest BCUT2D eigenvalue weighted by Crippen LogP contribution is 2.23. The molecule has 0 aliphatic heterocycles.